The van der Waals surface area contributed by atoms with Crippen LogP contribution in [0.25, 0.3) is 21.5 Å². The number of piperazine rings is 1. The number of amides is 2. The number of aromatic nitrogens is 2. The van der Waals surface area contributed by atoms with Gasteiger partial charge in [0, 0.05) is 44.1 Å². The van der Waals surface area contributed by atoms with E-state index < -0.39 is 12.1 Å². The highest BCUT2D eigenvalue weighted by atomic mass is 16.2. The molecule has 5 N–H and O–H groups in total. The van der Waals surface area contributed by atoms with Crippen LogP contribution in [0.2, 0.25) is 0 Å². The van der Waals surface area contributed by atoms with E-state index in [1.54, 1.807) is 18.5 Å². The molecule has 260 valence electrons. The molecule has 0 bridgehead atoms. The van der Waals surface area contributed by atoms with Gasteiger partial charge >= 0.3 is 0 Å². The van der Waals surface area contributed by atoms with Gasteiger partial charge in [0.2, 0.25) is 17.8 Å². The van der Waals surface area contributed by atoms with Crippen LogP contribution in [-0.4, -0.2) is 75.4 Å². The molecule has 1 aliphatic rings. The summed E-state index contributed by atoms with van der Waals surface area (Å²) in [6.07, 6.45) is 6.49. The fraction of sp³-hybridized carbons (Fsp3) is 0.366. The molecule has 1 saturated heterocycles. The van der Waals surface area contributed by atoms with E-state index in [-0.39, 0.29) is 23.9 Å². The highest BCUT2D eigenvalue weighted by Crippen LogP contribution is 2.26. The standard InChI is InChI=1S/C41H49N7O2/c1-28(2)21-36-27-47(39(49)37(42)24-29-14-16-31-9-3-5-11-33(31)22-29)35(13-7-18-44-41-45-19-8-20-46-41)26-48(36)40(50)38(43)25-30-15-17-32-10-4-6-12-34(32)23-30/h3-6,8-12,14-17,19-20,22-23,28,35-38H,7,13,18,21,24-27,42-43H2,1-2H3,(H,44,45,46)/t35-,36+,37?,38?/m0/s1. The van der Waals surface area contributed by atoms with Gasteiger partial charge in [0.05, 0.1) is 12.1 Å². The van der Waals surface area contributed by atoms with Gasteiger partial charge < -0.3 is 26.6 Å². The SMILES string of the molecule is CC(C)C[C@@H]1CN(C(=O)C(N)Cc2ccc3ccccc3c2)[C@@H](CCCNc2ncccn2)CN1C(=O)C(N)Cc1ccc2ccccc2c1. The summed E-state index contributed by atoms with van der Waals surface area (Å²) in [7, 11) is 0. The molecule has 4 aromatic carbocycles. The molecule has 1 aliphatic heterocycles. The number of nitrogens with one attached hydrogen (secondary N) is 1. The number of anilines is 1. The molecule has 0 spiro atoms. The van der Waals surface area contributed by atoms with Gasteiger partial charge in [-0.2, -0.15) is 0 Å². The van der Waals surface area contributed by atoms with Gasteiger partial charge in [-0.15, -0.1) is 0 Å². The maximum absolute atomic E-state index is 14.3. The average molecular weight is 672 g/mol. The van der Waals surface area contributed by atoms with Crippen molar-refractivity contribution in [3.05, 3.63) is 115 Å². The minimum absolute atomic E-state index is 0.0721. The van der Waals surface area contributed by atoms with E-state index in [1.807, 2.05) is 34.1 Å². The predicted molar refractivity (Wildman–Crippen MR) is 201 cm³/mol. The molecule has 0 aliphatic carbocycles. The molecule has 2 amide bonds. The number of nitrogens with two attached hydrogens (primary N) is 2. The summed E-state index contributed by atoms with van der Waals surface area (Å²) < 4.78 is 0. The Hall–Kier alpha value is -4.86. The van der Waals surface area contributed by atoms with Gasteiger partial charge in [-0.3, -0.25) is 9.59 Å². The van der Waals surface area contributed by atoms with Crippen molar-refractivity contribution in [1.29, 1.82) is 0 Å². The molecule has 0 saturated carbocycles. The fourth-order valence-electron chi connectivity index (χ4n) is 7.25. The van der Waals surface area contributed by atoms with Gasteiger partial charge in [-0.1, -0.05) is 98.8 Å². The van der Waals surface area contributed by atoms with E-state index in [2.05, 4.69) is 89.8 Å². The predicted octanol–water partition coefficient (Wildman–Crippen LogP) is 5.57. The van der Waals surface area contributed by atoms with E-state index >= 15 is 0 Å². The summed E-state index contributed by atoms with van der Waals surface area (Å²) in [4.78, 5) is 40.9. The Kier molecular flexibility index (Phi) is 11.4. The zero-order valence-electron chi connectivity index (χ0n) is 29.1. The highest BCUT2D eigenvalue weighted by molar-refractivity contribution is 5.87. The van der Waals surface area contributed by atoms with Crippen LogP contribution in [0.3, 0.4) is 0 Å². The third-order valence-electron chi connectivity index (χ3n) is 9.74. The highest BCUT2D eigenvalue weighted by Gasteiger charge is 2.40. The van der Waals surface area contributed by atoms with Crippen molar-refractivity contribution in [2.24, 2.45) is 17.4 Å². The lowest BCUT2D eigenvalue weighted by molar-refractivity contribution is -0.149. The molecular weight excluding hydrogens is 622 g/mol. The third kappa shape index (κ3) is 8.64. The Morgan fingerprint density at radius 1 is 0.720 bits per heavy atom. The maximum atomic E-state index is 14.3. The van der Waals surface area contributed by atoms with Crippen molar-refractivity contribution in [2.75, 3.05) is 25.0 Å². The first-order valence-electron chi connectivity index (χ1n) is 17.8. The van der Waals surface area contributed by atoms with Gasteiger partial charge in [-0.05, 0) is 76.8 Å². The second-order valence-electron chi connectivity index (χ2n) is 14.0. The number of hydrogen-bond acceptors (Lipinski definition) is 7. The molecule has 2 unspecified atom stereocenters. The quantitative estimate of drug-likeness (QED) is 0.140. The average Bonchev–Trinajstić information content (AvgIpc) is 3.13. The van der Waals surface area contributed by atoms with Crippen molar-refractivity contribution in [1.82, 2.24) is 19.8 Å². The van der Waals surface area contributed by atoms with Gasteiger partial charge in [-0.25, -0.2) is 9.97 Å². The van der Waals surface area contributed by atoms with Crippen molar-refractivity contribution in [3.8, 4) is 0 Å². The Balaban J connectivity index is 1.20. The monoisotopic (exact) mass is 671 g/mol. The van der Waals surface area contributed by atoms with E-state index in [4.69, 9.17) is 11.5 Å². The summed E-state index contributed by atoms with van der Waals surface area (Å²) in [5.41, 5.74) is 15.5. The summed E-state index contributed by atoms with van der Waals surface area (Å²) in [6, 6.07) is 28.9. The topological polar surface area (TPSA) is 130 Å². The molecule has 6 rings (SSSR count). The minimum atomic E-state index is -0.702. The number of nitrogens with zero attached hydrogens (tertiary/aromatic N) is 4. The lowest BCUT2D eigenvalue weighted by Gasteiger charge is -2.48. The number of carbonyl (C=O) groups is 2. The largest absolute Gasteiger partial charge is 0.354 e. The number of hydrogen-bond donors (Lipinski definition) is 3. The first-order valence-corrected chi connectivity index (χ1v) is 17.8. The molecule has 5 aromatic rings. The third-order valence-corrected chi connectivity index (χ3v) is 9.74. The summed E-state index contributed by atoms with van der Waals surface area (Å²) >= 11 is 0. The van der Waals surface area contributed by atoms with Crippen molar-refractivity contribution in [3.63, 3.8) is 0 Å². The van der Waals surface area contributed by atoms with Crippen LogP contribution in [-0.2, 0) is 22.4 Å². The molecule has 2 heterocycles. The molecular formula is C41H49N7O2. The van der Waals surface area contributed by atoms with E-state index in [9.17, 15) is 9.59 Å². The van der Waals surface area contributed by atoms with E-state index in [0.29, 0.717) is 50.8 Å². The first kappa shape index (κ1) is 35.0. The van der Waals surface area contributed by atoms with Crippen LogP contribution in [0.1, 0.15) is 44.2 Å². The van der Waals surface area contributed by atoms with Crippen LogP contribution in [0.4, 0.5) is 5.95 Å². The minimum Gasteiger partial charge on any atom is -0.354 e. The molecule has 4 atom stereocenters. The molecule has 0 radical (unpaired) electrons. The van der Waals surface area contributed by atoms with Crippen LogP contribution < -0.4 is 16.8 Å². The van der Waals surface area contributed by atoms with Crippen LogP contribution >= 0.6 is 0 Å². The van der Waals surface area contributed by atoms with Crippen molar-refractivity contribution < 1.29 is 9.59 Å². The zero-order valence-corrected chi connectivity index (χ0v) is 29.1. The molecule has 1 fully saturated rings. The van der Waals surface area contributed by atoms with Gasteiger partial charge in [0.1, 0.15) is 0 Å². The van der Waals surface area contributed by atoms with Gasteiger partial charge in [0.25, 0.3) is 0 Å². The number of fused-ring (bicyclic) bond motifs is 2. The smallest absolute Gasteiger partial charge is 0.240 e. The number of carbonyl (C=O) groups excluding carboxylic acids is 2. The van der Waals surface area contributed by atoms with E-state index in [1.165, 1.54) is 0 Å². The molecule has 1 aromatic heterocycles. The first-order chi connectivity index (χ1) is 24.2. The Morgan fingerprint density at radius 3 is 1.76 bits per heavy atom. The zero-order chi connectivity index (χ0) is 35.0. The lowest BCUT2D eigenvalue weighted by Crippen LogP contribution is -2.65. The van der Waals surface area contributed by atoms with Crippen LogP contribution in [0.5, 0.6) is 0 Å². The van der Waals surface area contributed by atoms with Crippen LogP contribution in [0, 0.1) is 5.92 Å². The molecule has 9 heteroatoms. The van der Waals surface area contributed by atoms with Gasteiger partial charge in [0.15, 0.2) is 0 Å². The normalized spacial score (nSPS) is 17.6. The second-order valence-corrected chi connectivity index (χ2v) is 14.0. The second kappa shape index (κ2) is 16.2. The van der Waals surface area contributed by atoms with E-state index in [0.717, 1.165) is 45.5 Å². The summed E-state index contributed by atoms with van der Waals surface area (Å²) in [5.74, 6) is 0.734. The fourth-order valence-corrected chi connectivity index (χ4v) is 7.25. The lowest BCUT2D eigenvalue weighted by atomic mass is 9.93. The Bertz CT molecular complexity index is 1900. The molecule has 50 heavy (non-hydrogen) atoms. The summed E-state index contributed by atoms with van der Waals surface area (Å²) in [5, 5.41) is 7.84. The van der Waals surface area contributed by atoms with Crippen LogP contribution in [0.15, 0.2) is 103 Å². The Labute approximate surface area is 295 Å². The number of benzene rings is 4. The molecule has 9 nitrogen and oxygen atoms in total. The van der Waals surface area contributed by atoms with Crippen molar-refractivity contribution in [2.45, 2.75) is 70.1 Å². The summed E-state index contributed by atoms with van der Waals surface area (Å²) in [6.45, 7) is 5.78. The van der Waals surface area contributed by atoms with Crippen molar-refractivity contribution >= 4 is 39.3 Å². The number of rotatable bonds is 13. The maximum Gasteiger partial charge on any atom is 0.240 e. The Morgan fingerprint density at radius 2 is 1.22 bits per heavy atom.